The summed E-state index contributed by atoms with van der Waals surface area (Å²) < 4.78 is 2.55. The molecule has 1 amide bonds. The first-order chi connectivity index (χ1) is 12.1. The molecule has 0 aliphatic rings. The molecule has 0 unspecified atom stereocenters. The van der Waals surface area contributed by atoms with Gasteiger partial charge in [-0.05, 0) is 57.0 Å². The number of para-hydroxylation sites is 1. The van der Waals surface area contributed by atoms with Crippen LogP contribution in [0.25, 0.3) is 5.69 Å². The van der Waals surface area contributed by atoms with E-state index < -0.39 is 0 Å². The highest BCUT2D eigenvalue weighted by Crippen LogP contribution is 2.22. The number of amides is 1. The van der Waals surface area contributed by atoms with E-state index in [4.69, 9.17) is 0 Å². The Kier molecular flexibility index (Phi) is 5.08. The maximum Gasteiger partial charge on any atom is 0.253 e. The van der Waals surface area contributed by atoms with Crippen molar-refractivity contribution in [1.29, 1.82) is 0 Å². The van der Waals surface area contributed by atoms with Crippen molar-refractivity contribution in [2.24, 2.45) is 0 Å². The standard InChI is InChI=1S/C17H17BrN6O/c1-11-6-5-8-13(16(11)17(25)19-2)20-10-15-21-22-23-24(15)14-9-4-3-7-12(14)18/h3-9,20H,10H2,1-2H3,(H,19,25). The monoisotopic (exact) mass is 400 g/mol. The van der Waals surface area contributed by atoms with E-state index >= 15 is 0 Å². The number of aryl methyl sites for hydroxylation is 1. The van der Waals surface area contributed by atoms with Crippen LogP contribution in [0.1, 0.15) is 21.7 Å². The van der Waals surface area contributed by atoms with Crippen molar-refractivity contribution < 1.29 is 4.79 Å². The van der Waals surface area contributed by atoms with Crippen molar-refractivity contribution in [3.8, 4) is 5.69 Å². The van der Waals surface area contributed by atoms with Crippen molar-refractivity contribution >= 4 is 27.5 Å². The number of benzene rings is 2. The molecule has 0 bridgehead atoms. The number of tetrazole rings is 1. The lowest BCUT2D eigenvalue weighted by Crippen LogP contribution is -2.21. The summed E-state index contributed by atoms with van der Waals surface area (Å²) in [4.78, 5) is 12.1. The highest BCUT2D eigenvalue weighted by Gasteiger charge is 2.15. The second-order valence-electron chi connectivity index (χ2n) is 5.39. The summed E-state index contributed by atoms with van der Waals surface area (Å²) in [6, 6.07) is 13.4. The molecule has 25 heavy (non-hydrogen) atoms. The number of carbonyl (C=O) groups is 1. The van der Waals surface area contributed by atoms with Crippen LogP contribution in [0.3, 0.4) is 0 Å². The summed E-state index contributed by atoms with van der Waals surface area (Å²) >= 11 is 3.51. The number of hydrogen-bond donors (Lipinski definition) is 2. The molecule has 0 radical (unpaired) electrons. The van der Waals surface area contributed by atoms with Crippen LogP contribution in [0.2, 0.25) is 0 Å². The van der Waals surface area contributed by atoms with E-state index in [0.717, 1.165) is 21.4 Å². The van der Waals surface area contributed by atoms with Gasteiger partial charge in [0.2, 0.25) is 0 Å². The highest BCUT2D eigenvalue weighted by atomic mass is 79.9. The van der Waals surface area contributed by atoms with Crippen molar-refractivity contribution in [3.05, 3.63) is 63.9 Å². The lowest BCUT2D eigenvalue weighted by molar-refractivity contribution is 0.0963. The first-order valence-electron chi connectivity index (χ1n) is 7.69. The van der Waals surface area contributed by atoms with Crippen LogP contribution in [0.4, 0.5) is 5.69 Å². The first kappa shape index (κ1) is 17.1. The first-order valence-corrected chi connectivity index (χ1v) is 8.49. The fourth-order valence-electron chi connectivity index (χ4n) is 2.54. The van der Waals surface area contributed by atoms with E-state index in [0.29, 0.717) is 17.9 Å². The van der Waals surface area contributed by atoms with Crippen LogP contribution in [-0.2, 0) is 6.54 Å². The summed E-state index contributed by atoms with van der Waals surface area (Å²) in [5.74, 6) is 0.502. The van der Waals surface area contributed by atoms with E-state index in [-0.39, 0.29) is 5.91 Å². The fourth-order valence-corrected chi connectivity index (χ4v) is 3.00. The molecule has 0 saturated heterocycles. The van der Waals surface area contributed by atoms with Gasteiger partial charge in [-0.1, -0.05) is 24.3 Å². The molecule has 1 heterocycles. The zero-order chi connectivity index (χ0) is 17.8. The number of halogens is 1. The van der Waals surface area contributed by atoms with E-state index in [1.54, 1.807) is 11.7 Å². The number of hydrogen-bond acceptors (Lipinski definition) is 5. The van der Waals surface area contributed by atoms with Gasteiger partial charge in [0.15, 0.2) is 5.82 Å². The number of carbonyl (C=O) groups excluding carboxylic acids is 1. The fraction of sp³-hybridized carbons (Fsp3) is 0.176. The maximum atomic E-state index is 12.1. The highest BCUT2D eigenvalue weighted by molar-refractivity contribution is 9.10. The Morgan fingerprint density at radius 1 is 1.20 bits per heavy atom. The topological polar surface area (TPSA) is 84.7 Å². The van der Waals surface area contributed by atoms with Gasteiger partial charge in [-0.15, -0.1) is 5.10 Å². The lowest BCUT2D eigenvalue weighted by Gasteiger charge is -2.13. The molecule has 7 nitrogen and oxygen atoms in total. The quantitative estimate of drug-likeness (QED) is 0.687. The minimum absolute atomic E-state index is 0.133. The molecule has 0 fully saturated rings. The summed E-state index contributed by atoms with van der Waals surface area (Å²) in [7, 11) is 1.62. The van der Waals surface area contributed by atoms with Gasteiger partial charge in [-0.3, -0.25) is 4.79 Å². The third-order valence-electron chi connectivity index (χ3n) is 3.78. The van der Waals surface area contributed by atoms with Crippen molar-refractivity contribution in [2.45, 2.75) is 13.5 Å². The molecule has 8 heteroatoms. The smallest absolute Gasteiger partial charge is 0.253 e. The predicted octanol–water partition coefficient (Wildman–Crippen LogP) is 2.70. The summed E-state index contributed by atoms with van der Waals surface area (Å²) in [5, 5.41) is 17.8. The van der Waals surface area contributed by atoms with E-state index in [1.165, 1.54) is 0 Å². The minimum Gasteiger partial charge on any atom is -0.377 e. The molecule has 128 valence electrons. The summed E-state index contributed by atoms with van der Waals surface area (Å²) in [6.07, 6.45) is 0. The molecule has 2 aromatic carbocycles. The average Bonchev–Trinajstić information content (AvgIpc) is 3.08. The molecular formula is C17H17BrN6O. The normalized spacial score (nSPS) is 10.5. The molecule has 0 saturated carbocycles. The van der Waals surface area contributed by atoms with Crippen molar-refractivity contribution in [2.75, 3.05) is 12.4 Å². The van der Waals surface area contributed by atoms with Crippen LogP contribution in [-0.4, -0.2) is 33.2 Å². The largest absolute Gasteiger partial charge is 0.377 e. The van der Waals surface area contributed by atoms with Crippen LogP contribution >= 0.6 is 15.9 Å². The van der Waals surface area contributed by atoms with Gasteiger partial charge in [-0.25, -0.2) is 0 Å². The zero-order valence-electron chi connectivity index (χ0n) is 13.8. The number of nitrogens with zero attached hydrogens (tertiary/aromatic N) is 4. The van der Waals surface area contributed by atoms with E-state index in [2.05, 4.69) is 42.1 Å². The average molecular weight is 401 g/mol. The van der Waals surface area contributed by atoms with Crippen molar-refractivity contribution in [3.63, 3.8) is 0 Å². The molecule has 0 spiro atoms. The predicted molar refractivity (Wildman–Crippen MR) is 98.7 cm³/mol. The van der Waals surface area contributed by atoms with Gasteiger partial charge < -0.3 is 10.6 Å². The van der Waals surface area contributed by atoms with E-state index in [9.17, 15) is 4.79 Å². The SMILES string of the molecule is CNC(=O)c1c(C)cccc1NCc1nnnn1-c1ccccc1Br. The Morgan fingerprint density at radius 2 is 2.00 bits per heavy atom. The molecule has 1 aromatic heterocycles. The Morgan fingerprint density at radius 3 is 2.76 bits per heavy atom. The number of nitrogens with one attached hydrogen (secondary N) is 2. The minimum atomic E-state index is -0.133. The second-order valence-corrected chi connectivity index (χ2v) is 6.24. The second kappa shape index (κ2) is 7.43. The van der Waals surface area contributed by atoms with Crippen LogP contribution < -0.4 is 10.6 Å². The number of aromatic nitrogens is 4. The number of rotatable bonds is 5. The van der Waals surface area contributed by atoms with Gasteiger partial charge in [0.25, 0.3) is 5.91 Å². The van der Waals surface area contributed by atoms with Crippen LogP contribution in [0.15, 0.2) is 46.9 Å². The summed E-state index contributed by atoms with van der Waals surface area (Å²) in [5.41, 5.74) is 3.10. The molecule has 3 aromatic rings. The number of anilines is 1. The van der Waals surface area contributed by atoms with E-state index in [1.807, 2.05) is 49.4 Å². The third kappa shape index (κ3) is 3.53. The Balaban J connectivity index is 1.88. The maximum absolute atomic E-state index is 12.1. The molecular weight excluding hydrogens is 384 g/mol. The van der Waals surface area contributed by atoms with Gasteiger partial charge in [0, 0.05) is 17.2 Å². The van der Waals surface area contributed by atoms with Crippen LogP contribution in [0.5, 0.6) is 0 Å². The van der Waals surface area contributed by atoms with Crippen LogP contribution in [0, 0.1) is 6.92 Å². The Hall–Kier alpha value is -2.74. The molecule has 3 rings (SSSR count). The van der Waals surface area contributed by atoms with Gasteiger partial charge in [0.05, 0.1) is 17.8 Å². The molecule has 0 aliphatic carbocycles. The van der Waals surface area contributed by atoms with Gasteiger partial charge in [0.1, 0.15) is 0 Å². The lowest BCUT2D eigenvalue weighted by atomic mass is 10.1. The Bertz CT molecular complexity index is 908. The van der Waals surface area contributed by atoms with Crippen molar-refractivity contribution in [1.82, 2.24) is 25.5 Å². The molecule has 2 N–H and O–H groups in total. The van der Waals surface area contributed by atoms with Gasteiger partial charge in [-0.2, -0.15) is 4.68 Å². The molecule has 0 atom stereocenters. The summed E-state index contributed by atoms with van der Waals surface area (Å²) in [6.45, 7) is 2.28. The third-order valence-corrected chi connectivity index (χ3v) is 4.45. The zero-order valence-corrected chi connectivity index (χ0v) is 15.4. The Labute approximate surface area is 153 Å². The molecule has 0 aliphatic heterocycles. The van der Waals surface area contributed by atoms with Gasteiger partial charge >= 0.3 is 0 Å².